The van der Waals surface area contributed by atoms with Crippen molar-refractivity contribution in [1.29, 1.82) is 0 Å². The van der Waals surface area contributed by atoms with Gasteiger partial charge in [-0.05, 0) is 30.3 Å². The fourth-order valence-corrected chi connectivity index (χ4v) is 2.76. The molecule has 0 aliphatic rings. The molecule has 1 heterocycles. The number of halogens is 1. The third-order valence-electron chi connectivity index (χ3n) is 3.97. The second-order valence-corrected chi connectivity index (χ2v) is 6.59. The zero-order chi connectivity index (χ0) is 20.6. The predicted octanol–water partition coefficient (Wildman–Crippen LogP) is 5.46. The Morgan fingerprint density at radius 2 is 1.13 bits per heavy atom. The maximum absolute atomic E-state index is 6.16. The lowest BCUT2D eigenvalue weighted by molar-refractivity contribution is 1.04. The van der Waals surface area contributed by atoms with Gasteiger partial charge in [-0.1, -0.05) is 66.2 Å². The summed E-state index contributed by atoms with van der Waals surface area (Å²) < 4.78 is 0. The summed E-state index contributed by atoms with van der Waals surface area (Å²) in [6.07, 6.45) is 1.61. The molecule has 148 valence electrons. The molecule has 0 aliphatic carbocycles. The van der Waals surface area contributed by atoms with Crippen molar-refractivity contribution in [3.05, 3.63) is 95.5 Å². The number of hydrazone groups is 1. The van der Waals surface area contributed by atoms with E-state index in [1.54, 1.807) is 12.3 Å². The normalized spacial score (nSPS) is 10.7. The van der Waals surface area contributed by atoms with E-state index in [-0.39, 0.29) is 5.95 Å². The summed E-state index contributed by atoms with van der Waals surface area (Å²) in [5.74, 6) is 1.04. The van der Waals surface area contributed by atoms with Crippen LogP contribution < -0.4 is 16.1 Å². The third-order valence-corrected chi connectivity index (χ3v) is 4.31. The highest BCUT2D eigenvalue weighted by Gasteiger charge is 2.07. The van der Waals surface area contributed by atoms with Crippen molar-refractivity contribution in [1.82, 2.24) is 15.0 Å². The van der Waals surface area contributed by atoms with Crippen molar-refractivity contribution in [2.24, 2.45) is 5.10 Å². The van der Waals surface area contributed by atoms with Gasteiger partial charge in [0.25, 0.3) is 0 Å². The smallest absolute Gasteiger partial charge is 0.250 e. The van der Waals surface area contributed by atoms with Gasteiger partial charge in [0.1, 0.15) is 0 Å². The maximum atomic E-state index is 6.16. The molecule has 0 amide bonds. The van der Waals surface area contributed by atoms with Crippen LogP contribution in [-0.4, -0.2) is 21.2 Å². The second-order valence-electron chi connectivity index (χ2n) is 6.18. The molecule has 3 aromatic carbocycles. The molecule has 0 saturated carbocycles. The minimum Gasteiger partial charge on any atom is -0.324 e. The third kappa shape index (κ3) is 5.30. The molecule has 4 aromatic rings. The fraction of sp³-hybridized carbons (Fsp3) is 0. The first kappa shape index (κ1) is 19.4. The quantitative estimate of drug-likeness (QED) is 0.274. The molecule has 0 radical (unpaired) electrons. The topological polar surface area (TPSA) is 87.1 Å². The van der Waals surface area contributed by atoms with Crippen LogP contribution in [0, 0.1) is 0 Å². The van der Waals surface area contributed by atoms with Crippen molar-refractivity contribution >= 4 is 47.0 Å². The van der Waals surface area contributed by atoms with Crippen LogP contribution in [0.25, 0.3) is 0 Å². The maximum Gasteiger partial charge on any atom is 0.250 e. The van der Waals surface area contributed by atoms with Crippen LogP contribution in [-0.2, 0) is 0 Å². The lowest BCUT2D eigenvalue weighted by Crippen LogP contribution is -2.07. The van der Waals surface area contributed by atoms with Crippen molar-refractivity contribution in [3.8, 4) is 0 Å². The zero-order valence-corrected chi connectivity index (χ0v) is 16.6. The highest BCUT2D eigenvalue weighted by molar-refractivity contribution is 6.33. The largest absolute Gasteiger partial charge is 0.324 e. The van der Waals surface area contributed by atoms with Gasteiger partial charge >= 0.3 is 0 Å². The van der Waals surface area contributed by atoms with E-state index in [4.69, 9.17) is 11.6 Å². The highest BCUT2D eigenvalue weighted by Crippen LogP contribution is 2.18. The number of hydrogen-bond donors (Lipinski definition) is 3. The van der Waals surface area contributed by atoms with Crippen molar-refractivity contribution in [2.45, 2.75) is 0 Å². The minimum absolute atomic E-state index is 0.283. The Hall–Kier alpha value is -3.97. The Morgan fingerprint density at radius 1 is 0.633 bits per heavy atom. The van der Waals surface area contributed by atoms with Gasteiger partial charge in [-0.15, -0.1) is 0 Å². The molecule has 8 heteroatoms. The van der Waals surface area contributed by atoms with Gasteiger partial charge in [0.05, 0.1) is 6.21 Å². The predicted molar refractivity (Wildman–Crippen MR) is 122 cm³/mol. The molecule has 1 aromatic heterocycles. The summed E-state index contributed by atoms with van der Waals surface area (Å²) in [5, 5.41) is 11.2. The highest BCUT2D eigenvalue weighted by atomic mass is 35.5. The van der Waals surface area contributed by atoms with Crippen LogP contribution in [0.4, 0.5) is 29.2 Å². The molecule has 0 fully saturated rings. The van der Waals surface area contributed by atoms with E-state index < -0.39 is 0 Å². The number of para-hydroxylation sites is 2. The Bertz CT molecular complexity index is 1070. The summed E-state index contributed by atoms with van der Waals surface area (Å²) >= 11 is 6.16. The first-order chi connectivity index (χ1) is 14.8. The van der Waals surface area contributed by atoms with Gasteiger partial charge in [0, 0.05) is 22.0 Å². The van der Waals surface area contributed by atoms with E-state index >= 15 is 0 Å². The Balaban J connectivity index is 1.58. The molecule has 0 unspecified atom stereocenters. The first-order valence-electron chi connectivity index (χ1n) is 9.20. The van der Waals surface area contributed by atoms with Crippen molar-refractivity contribution in [2.75, 3.05) is 16.1 Å². The standard InChI is InChI=1S/C22H18ClN7/c23-19-14-8-7-9-16(19)15-24-30-22-28-20(25-17-10-3-1-4-11-17)27-21(29-22)26-18-12-5-2-6-13-18/h1-15H,(H3,25,26,27,28,29,30). The van der Waals surface area contributed by atoms with Crippen LogP contribution in [0.5, 0.6) is 0 Å². The summed E-state index contributed by atoms with van der Waals surface area (Å²) in [6.45, 7) is 0. The van der Waals surface area contributed by atoms with Crippen LogP contribution in [0.2, 0.25) is 5.02 Å². The van der Waals surface area contributed by atoms with E-state index in [1.165, 1.54) is 0 Å². The summed E-state index contributed by atoms with van der Waals surface area (Å²) in [7, 11) is 0. The summed E-state index contributed by atoms with van der Waals surface area (Å²) in [4.78, 5) is 13.2. The molecule has 30 heavy (non-hydrogen) atoms. The van der Waals surface area contributed by atoms with E-state index in [9.17, 15) is 0 Å². The van der Waals surface area contributed by atoms with E-state index in [2.05, 4.69) is 36.1 Å². The molecule has 3 N–H and O–H groups in total. The number of aromatic nitrogens is 3. The van der Waals surface area contributed by atoms with Crippen LogP contribution in [0.15, 0.2) is 90.0 Å². The lowest BCUT2D eigenvalue weighted by atomic mass is 10.2. The van der Waals surface area contributed by atoms with Crippen LogP contribution in [0.1, 0.15) is 5.56 Å². The molecular weight excluding hydrogens is 398 g/mol. The van der Waals surface area contributed by atoms with Gasteiger partial charge in [-0.3, -0.25) is 0 Å². The van der Waals surface area contributed by atoms with Gasteiger partial charge < -0.3 is 10.6 Å². The van der Waals surface area contributed by atoms with E-state index in [1.807, 2.05) is 78.9 Å². The van der Waals surface area contributed by atoms with Crippen molar-refractivity contribution in [3.63, 3.8) is 0 Å². The molecule has 0 spiro atoms. The number of nitrogens with one attached hydrogen (secondary N) is 3. The zero-order valence-electron chi connectivity index (χ0n) is 15.8. The van der Waals surface area contributed by atoms with Gasteiger partial charge in [0.2, 0.25) is 17.8 Å². The number of hydrogen-bond acceptors (Lipinski definition) is 7. The van der Waals surface area contributed by atoms with E-state index in [0.717, 1.165) is 16.9 Å². The number of benzene rings is 3. The lowest BCUT2D eigenvalue weighted by Gasteiger charge is -2.10. The molecule has 0 saturated heterocycles. The molecule has 0 aliphatic heterocycles. The van der Waals surface area contributed by atoms with Gasteiger partial charge in [0.15, 0.2) is 0 Å². The first-order valence-corrected chi connectivity index (χ1v) is 9.58. The Morgan fingerprint density at radius 3 is 1.70 bits per heavy atom. The average Bonchev–Trinajstić information content (AvgIpc) is 2.76. The number of rotatable bonds is 7. The Labute approximate surface area is 178 Å². The minimum atomic E-state index is 0.283. The summed E-state index contributed by atoms with van der Waals surface area (Å²) in [6, 6.07) is 26.7. The monoisotopic (exact) mass is 415 g/mol. The summed E-state index contributed by atoms with van der Waals surface area (Å²) in [5.41, 5.74) is 5.35. The van der Waals surface area contributed by atoms with Crippen LogP contribution >= 0.6 is 11.6 Å². The van der Waals surface area contributed by atoms with E-state index in [0.29, 0.717) is 16.9 Å². The molecule has 7 nitrogen and oxygen atoms in total. The number of nitrogens with zero attached hydrogens (tertiary/aromatic N) is 4. The molecule has 0 atom stereocenters. The van der Waals surface area contributed by atoms with Crippen molar-refractivity contribution < 1.29 is 0 Å². The van der Waals surface area contributed by atoms with Gasteiger partial charge in [-0.2, -0.15) is 20.1 Å². The van der Waals surface area contributed by atoms with Crippen LogP contribution in [0.3, 0.4) is 0 Å². The fourth-order valence-electron chi connectivity index (χ4n) is 2.58. The Kier molecular flexibility index (Phi) is 6.12. The number of anilines is 5. The molecule has 0 bridgehead atoms. The van der Waals surface area contributed by atoms with Gasteiger partial charge in [-0.25, -0.2) is 5.43 Å². The average molecular weight is 416 g/mol. The molecule has 4 rings (SSSR count). The molecular formula is C22H18ClN7. The second kappa shape index (κ2) is 9.49. The SMILES string of the molecule is Clc1ccccc1C=NNc1nc(Nc2ccccc2)nc(Nc2ccccc2)n1.